The average Bonchev–Trinajstić information content (AvgIpc) is 2.97. The van der Waals surface area contributed by atoms with Crippen LogP contribution < -0.4 is 4.72 Å². The Morgan fingerprint density at radius 1 is 1.60 bits per heavy atom. The fourth-order valence-electron chi connectivity index (χ4n) is 1.99. The minimum atomic E-state index is -3.59. The summed E-state index contributed by atoms with van der Waals surface area (Å²) in [5, 5.41) is 0.730. The zero-order chi connectivity index (χ0) is 14.8. The zero-order valence-electron chi connectivity index (χ0n) is 11.5. The molecule has 1 fully saturated rings. The number of sulfonamides is 1. The van der Waals surface area contributed by atoms with Crippen LogP contribution in [0.25, 0.3) is 0 Å². The van der Waals surface area contributed by atoms with Crippen LogP contribution in [0.4, 0.5) is 0 Å². The standard InChI is InChI=1S/C12H18N2O4S2/c1-8(2)7-20(16,17)14-11(15)10-6-13-12(19-10)9-4-3-5-18-9/h6,8-9H,3-5,7H2,1-2H3,(H,14,15). The SMILES string of the molecule is CC(C)CS(=O)(=O)NC(=O)c1cnc(C2CCCO2)s1. The molecule has 1 aromatic heterocycles. The number of amides is 1. The Kier molecular flexibility index (Phi) is 4.77. The first-order valence-electron chi connectivity index (χ1n) is 6.49. The van der Waals surface area contributed by atoms with Crippen molar-refractivity contribution in [1.82, 2.24) is 9.71 Å². The quantitative estimate of drug-likeness (QED) is 0.893. The van der Waals surface area contributed by atoms with Gasteiger partial charge in [0.2, 0.25) is 10.0 Å². The summed E-state index contributed by atoms with van der Waals surface area (Å²) >= 11 is 1.19. The number of ether oxygens (including phenoxy) is 1. The minimum Gasteiger partial charge on any atom is -0.371 e. The van der Waals surface area contributed by atoms with Gasteiger partial charge in [-0.3, -0.25) is 4.79 Å². The van der Waals surface area contributed by atoms with Gasteiger partial charge in [-0.15, -0.1) is 11.3 Å². The van der Waals surface area contributed by atoms with E-state index in [1.807, 2.05) is 0 Å². The van der Waals surface area contributed by atoms with Gasteiger partial charge in [0.25, 0.3) is 5.91 Å². The third kappa shape index (κ3) is 4.00. The van der Waals surface area contributed by atoms with Gasteiger partial charge in [0, 0.05) is 6.61 Å². The summed E-state index contributed by atoms with van der Waals surface area (Å²) in [5.74, 6) is -0.729. The van der Waals surface area contributed by atoms with Crippen LogP contribution in [0.2, 0.25) is 0 Å². The molecule has 6 nitrogen and oxygen atoms in total. The maximum atomic E-state index is 11.9. The van der Waals surface area contributed by atoms with Crippen molar-refractivity contribution in [2.45, 2.75) is 32.8 Å². The van der Waals surface area contributed by atoms with Gasteiger partial charge in [-0.25, -0.2) is 18.1 Å². The molecule has 1 saturated heterocycles. The molecule has 0 radical (unpaired) electrons. The van der Waals surface area contributed by atoms with Gasteiger partial charge >= 0.3 is 0 Å². The predicted molar refractivity (Wildman–Crippen MR) is 76.1 cm³/mol. The van der Waals surface area contributed by atoms with Gasteiger partial charge in [-0.2, -0.15) is 0 Å². The Balaban J connectivity index is 2.02. The Hall–Kier alpha value is -0.990. The van der Waals surface area contributed by atoms with Crippen LogP contribution in [0, 0.1) is 5.92 Å². The van der Waals surface area contributed by atoms with E-state index in [2.05, 4.69) is 9.71 Å². The predicted octanol–water partition coefficient (Wildman–Crippen LogP) is 1.71. The number of nitrogens with one attached hydrogen (secondary N) is 1. The number of carbonyl (C=O) groups excluding carboxylic acids is 1. The molecular weight excluding hydrogens is 300 g/mol. The number of hydrogen-bond donors (Lipinski definition) is 1. The van der Waals surface area contributed by atoms with Crippen molar-refractivity contribution in [1.29, 1.82) is 0 Å². The molecule has 1 aliphatic rings. The van der Waals surface area contributed by atoms with Crippen LogP contribution in [-0.4, -0.2) is 31.7 Å². The lowest BCUT2D eigenvalue weighted by Gasteiger charge is -2.07. The number of rotatable bonds is 5. The van der Waals surface area contributed by atoms with Crippen LogP contribution >= 0.6 is 11.3 Å². The topological polar surface area (TPSA) is 85.4 Å². The Labute approximate surface area is 122 Å². The van der Waals surface area contributed by atoms with Crippen LogP contribution in [0.1, 0.15) is 47.5 Å². The van der Waals surface area contributed by atoms with Crippen molar-refractivity contribution >= 4 is 27.3 Å². The van der Waals surface area contributed by atoms with Crippen LogP contribution in [0.15, 0.2) is 6.20 Å². The van der Waals surface area contributed by atoms with Gasteiger partial charge in [0.05, 0.1) is 11.9 Å². The highest BCUT2D eigenvalue weighted by Crippen LogP contribution is 2.31. The molecule has 2 heterocycles. The lowest BCUT2D eigenvalue weighted by atomic mass is 10.2. The Morgan fingerprint density at radius 2 is 2.35 bits per heavy atom. The van der Waals surface area contributed by atoms with Crippen molar-refractivity contribution in [3.8, 4) is 0 Å². The zero-order valence-corrected chi connectivity index (χ0v) is 13.1. The van der Waals surface area contributed by atoms with Gasteiger partial charge in [-0.1, -0.05) is 13.8 Å². The summed E-state index contributed by atoms with van der Waals surface area (Å²) in [5.41, 5.74) is 0. The fourth-order valence-corrected chi connectivity index (χ4v) is 4.30. The Morgan fingerprint density at radius 3 is 2.95 bits per heavy atom. The molecule has 8 heteroatoms. The fraction of sp³-hybridized carbons (Fsp3) is 0.667. The first-order chi connectivity index (χ1) is 9.37. The van der Waals surface area contributed by atoms with E-state index in [0.29, 0.717) is 11.5 Å². The van der Waals surface area contributed by atoms with E-state index in [1.54, 1.807) is 13.8 Å². The highest BCUT2D eigenvalue weighted by atomic mass is 32.2. The molecule has 1 atom stereocenters. The number of carbonyl (C=O) groups is 1. The number of aromatic nitrogens is 1. The largest absolute Gasteiger partial charge is 0.371 e. The van der Waals surface area contributed by atoms with E-state index in [9.17, 15) is 13.2 Å². The molecule has 1 aromatic rings. The number of thiazole rings is 1. The molecule has 1 amide bonds. The van der Waals surface area contributed by atoms with Gasteiger partial charge < -0.3 is 4.74 Å². The van der Waals surface area contributed by atoms with E-state index < -0.39 is 15.9 Å². The molecule has 0 aromatic carbocycles. The molecule has 0 spiro atoms. The van der Waals surface area contributed by atoms with Crippen molar-refractivity contribution in [3.63, 3.8) is 0 Å². The second-order valence-electron chi connectivity index (χ2n) is 5.17. The lowest BCUT2D eigenvalue weighted by molar-refractivity contribution is 0.0985. The molecule has 0 bridgehead atoms. The molecule has 1 aliphatic heterocycles. The van der Waals surface area contributed by atoms with Crippen LogP contribution in [0.5, 0.6) is 0 Å². The molecule has 112 valence electrons. The molecule has 0 saturated carbocycles. The summed E-state index contributed by atoms with van der Waals surface area (Å²) in [4.78, 5) is 16.4. The molecule has 2 rings (SSSR count). The van der Waals surface area contributed by atoms with Gasteiger partial charge in [0.15, 0.2) is 0 Å². The van der Waals surface area contributed by atoms with Gasteiger partial charge in [0.1, 0.15) is 16.0 Å². The summed E-state index contributed by atoms with van der Waals surface area (Å²) < 4.78 is 31.0. The first kappa shape index (κ1) is 15.4. The summed E-state index contributed by atoms with van der Waals surface area (Å²) in [6.07, 6.45) is 3.21. The smallest absolute Gasteiger partial charge is 0.276 e. The van der Waals surface area contributed by atoms with Gasteiger partial charge in [-0.05, 0) is 18.8 Å². The highest BCUT2D eigenvalue weighted by molar-refractivity contribution is 7.90. The molecule has 0 aliphatic carbocycles. The highest BCUT2D eigenvalue weighted by Gasteiger charge is 2.24. The van der Waals surface area contributed by atoms with E-state index >= 15 is 0 Å². The maximum Gasteiger partial charge on any atom is 0.276 e. The molecule has 1 N–H and O–H groups in total. The monoisotopic (exact) mass is 318 g/mol. The van der Waals surface area contributed by atoms with Crippen molar-refractivity contribution in [2.24, 2.45) is 5.92 Å². The van der Waals surface area contributed by atoms with E-state index in [0.717, 1.165) is 17.8 Å². The number of hydrogen-bond acceptors (Lipinski definition) is 6. The summed E-state index contributed by atoms with van der Waals surface area (Å²) in [6, 6.07) is 0. The van der Waals surface area contributed by atoms with Crippen LogP contribution in [0.3, 0.4) is 0 Å². The molecule has 1 unspecified atom stereocenters. The second kappa shape index (κ2) is 6.19. The number of nitrogens with zero attached hydrogens (tertiary/aromatic N) is 1. The third-order valence-corrected chi connectivity index (χ3v) is 5.44. The first-order valence-corrected chi connectivity index (χ1v) is 8.96. The second-order valence-corrected chi connectivity index (χ2v) is 8.00. The summed E-state index contributed by atoms with van der Waals surface area (Å²) in [7, 11) is -3.59. The van der Waals surface area contributed by atoms with Crippen molar-refractivity contribution < 1.29 is 17.9 Å². The third-order valence-electron chi connectivity index (χ3n) is 2.75. The lowest BCUT2D eigenvalue weighted by Crippen LogP contribution is -2.33. The van der Waals surface area contributed by atoms with Crippen molar-refractivity contribution in [2.75, 3.05) is 12.4 Å². The average molecular weight is 318 g/mol. The minimum absolute atomic E-state index is 0.0378. The van der Waals surface area contributed by atoms with E-state index in [4.69, 9.17) is 4.74 Å². The molecule has 20 heavy (non-hydrogen) atoms. The summed E-state index contributed by atoms with van der Waals surface area (Å²) in [6.45, 7) is 4.27. The van der Waals surface area contributed by atoms with Crippen LogP contribution in [-0.2, 0) is 14.8 Å². The van der Waals surface area contributed by atoms with Crippen molar-refractivity contribution in [3.05, 3.63) is 16.1 Å². The van der Waals surface area contributed by atoms with E-state index in [-0.39, 0.29) is 17.8 Å². The normalized spacial score (nSPS) is 19.4. The maximum absolute atomic E-state index is 11.9. The Bertz CT molecular complexity index is 574. The van der Waals surface area contributed by atoms with E-state index in [1.165, 1.54) is 17.5 Å². The molecular formula is C12H18N2O4S2.